The summed E-state index contributed by atoms with van der Waals surface area (Å²) < 4.78 is 23.2. The summed E-state index contributed by atoms with van der Waals surface area (Å²) in [6.07, 6.45) is 48.4. The number of nitrogens with one attached hydrogen (secondary N) is 1. The van der Waals surface area contributed by atoms with Gasteiger partial charge in [0.15, 0.2) is 0 Å². The summed E-state index contributed by atoms with van der Waals surface area (Å²) in [4.78, 5) is 25.3. The molecule has 1 amide bonds. The van der Waals surface area contributed by atoms with Gasteiger partial charge in [0.1, 0.15) is 13.2 Å². The fourth-order valence-corrected chi connectivity index (χ4v) is 7.16. The minimum absolute atomic E-state index is 0.0104. The quantitative estimate of drug-likeness (QED) is 0.0276. The second-order valence-corrected chi connectivity index (χ2v) is 18.1. The van der Waals surface area contributed by atoms with Crippen LogP contribution in [-0.4, -0.2) is 68.5 Å². The number of rotatable bonds is 41. The number of carbonyl (C=O) groups is 1. The lowest BCUT2D eigenvalue weighted by atomic mass is 10.0. The predicted molar refractivity (Wildman–Crippen MR) is 238 cm³/mol. The Hall–Kier alpha value is -1.54. The zero-order valence-electron chi connectivity index (χ0n) is 37.1. The van der Waals surface area contributed by atoms with Gasteiger partial charge in [-0.05, 0) is 51.4 Å². The molecular weight excluding hydrogens is 719 g/mol. The third kappa shape index (κ3) is 40.6. The maximum absolute atomic E-state index is 12.9. The minimum atomic E-state index is -4.56. The van der Waals surface area contributed by atoms with Crippen LogP contribution in [0.4, 0.5) is 0 Å². The van der Waals surface area contributed by atoms with E-state index in [0.717, 1.165) is 64.2 Å². The first kappa shape index (κ1) is 54.5. The van der Waals surface area contributed by atoms with Crippen molar-refractivity contribution < 1.29 is 32.9 Å². The summed E-state index contributed by atoms with van der Waals surface area (Å²) in [6, 6.07) is -0.800. The molecule has 3 unspecified atom stereocenters. The summed E-state index contributed by atoms with van der Waals surface area (Å²) in [5, 5.41) is 13.8. The molecule has 3 atom stereocenters. The predicted octanol–water partition coefficient (Wildman–Crippen LogP) is 12.2. The molecule has 0 rings (SSSR count). The van der Waals surface area contributed by atoms with E-state index in [-0.39, 0.29) is 19.1 Å². The first-order valence-corrected chi connectivity index (χ1v) is 24.4. The molecule has 0 aliphatic rings. The summed E-state index contributed by atoms with van der Waals surface area (Å²) in [7, 11) is 1.30. The molecule has 0 radical (unpaired) electrons. The number of hydrogen-bond acceptors (Lipinski definition) is 6. The molecular formula is C47H89N2O6P. The topological polar surface area (TPSA) is 108 Å². The summed E-state index contributed by atoms with van der Waals surface area (Å²) in [6.45, 7) is 4.57. The van der Waals surface area contributed by atoms with E-state index in [1.807, 2.05) is 21.1 Å². The van der Waals surface area contributed by atoms with Crippen LogP contribution < -0.4 is 10.2 Å². The van der Waals surface area contributed by atoms with Gasteiger partial charge in [-0.15, -0.1) is 0 Å². The molecule has 0 aliphatic carbocycles. The largest absolute Gasteiger partial charge is 0.756 e. The Labute approximate surface area is 346 Å². The van der Waals surface area contributed by atoms with Crippen molar-refractivity contribution in [1.82, 2.24) is 5.32 Å². The van der Waals surface area contributed by atoms with E-state index in [1.165, 1.54) is 103 Å². The van der Waals surface area contributed by atoms with Gasteiger partial charge < -0.3 is 28.8 Å². The van der Waals surface area contributed by atoms with Crippen LogP contribution in [0.5, 0.6) is 0 Å². The van der Waals surface area contributed by atoms with Crippen molar-refractivity contribution in [3.8, 4) is 0 Å². The average molecular weight is 809 g/mol. The number of nitrogens with zero attached hydrogens (tertiary/aromatic N) is 1. The van der Waals surface area contributed by atoms with Crippen molar-refractivity contribution in [1.29, 1.82) is 0 Å². The Bertz CT molecular complexity index is 1050. The molecule has 328 valence electrons. The highest BCUT2D eigenvalue weighted by Gasteiger charge is 2.24. The van der Waals surface area contributed by atoms with Crippen LogP contribution in [0.25, 0.3) is 0 Å². The summed E-state index contributed by atoms with van der Waals surface area (Å²) in [5.41, 5.74) is 0. The molecule has 0 saturated heterocycles. The molecule has 2 N–H and O–H groups in total. The van der Waals surface area contributed by atoms with Gasteiger partial charge in [-0.3, -0.25) is 9.36 Å². The highest BCUT2D eigenvalue weighted by Crippen LogP contribution is 2.38. The summed E-state index contributed by atoms with van der Waals surface area (Å²) in [5.74, 6) is -0.171. The van der Waals surface area contributed by atoms with E-state index < -0.39 is 20.0 Å². The smallest absolute Gasteiger partial charge is 0.268 e. The minimum Gasteiger partial charge on any atom is -0.756 e. The van der Waals surface area contributed by atoms with Crippen molar-refractivity contribution >= 4 is 13.7 Å². The van der Waals surface area contributed by atoms with Crippen LogP contribution in [-0.2, 0) is 18.4 Å². The van der Waals surface area contributed by atoms with Gasteiger partial charge in [0.2, 0.25) is 5.91 Å². The van der Waals surface area contributed by atoms with Crippen molar-refractivity contribution in [3.63, 3.8) is 0 Å². The highest BCUT2D eigenvalue weighted by molar-refractivity contribution is 7.45. The first-order valence-electron chi connectivity index (χ1n) is 23.0. The van der Waals surface area contributed by atoms with E-state index >= 15 is 0 Å². The molecule has 0 fully saturated rings. The fraction of sp³-hybridized carbons (Fsp3) is 0.809. The second kappa shape index (κ2) is 38.9. The van der Waals surface area contributed by atoms with Crippen LogP contribution in [0.15, 0.2) is 48.6 Å². The molecule has 8 nitrogen and oxygen atoms in total. The number of aliphatic hydroxyl groups excluding tert-OH is 1. The number of unbranched alkanes of at least 4 members (excludes halogenated alkanes) is 20. The van der Waals surface area contributed by atoms with Crippen molar-refractivity contribution in [2.24, 2.45) is 0 Å². The van der Waals surface area contributed by atoms with Crippen LogP contribution in [0, 0.1) is 0 Å². The average Bonchev–Trinajstić information content (AvgIpc) is 3.15. The van der Waals surface area contributed by atoms with E-state index in [0.29, 0.717) is 23.9 Å². The SMILES string of the molecule is CC/C=C\C/C=C\C/C=C\C/C=C\CCCCCCCCCCCCCCC(=O)NC(COP(=O)([O-])OCC[N+](C)(C)C)C(O)CCCCCCCCCCC. The van der Waals surface area contributed by atoms with E-state index in [9.17, 15) is 19.4 Å². The van der Waals surface area contributed by atoms with Gasteiger partial charge in [0.25, 0.3) is 7.82 Å². The lowest BCUT2D eigenvalue weighted by molar-refractivity contribution is -0.870. The first-order chi connectivity index (χ1) is 27.0. The van der Waals surface area contributed by atoms with Gasteiger partial charge >= 0.3 is 0 Å². The number of phosphoric ester groups is 1. The van der Waals surface area contributed by atoms with Crippen LogP contribution >= 0.6 is 7.82 Å². The van der Waals surface area contributed by atoms with Crippen molar-refractivity contribution in [2.45, 2.75) is 206 Å². The normalized spacial score (nSPS) is 14.8. The Morgan fingerprint density at radius 2 is 1.09 bits per heavy atom. The highest BCUT2D eigenvalue weighted by atomic mass is 31.2. The number of quaternary nitrogens is 1. The number of aliphatic hydroxyl groups is 1. The molecule has 9 heteroatoms. The van der Waals surface area contributed by atoms with Gasteiger partial charge in [-0.25, -0.2) is 0 Å². The van der Waals surface area contributed by atoms with Gasteiger partial charge in [0.05, 0.1) is 39.9 Å². The Morgan fingerprint density at radius 3 is 1.59 bits per heavy atom. The standard InChI is InChI=1S/C47H89N2O6P/c1-6-8-10-12-14-16-17-18-19-20-21-22-23-24-25-26-27-28-29-30-31-33-35-37-39-41-47(51)48-45(44-55-56(52,53)54-43-42-49(3,4)5)46(50)40-38-36-34-32-15-13-11-9-7-2/h8,10,14,16,18-19,21-22,45-46,50H,6-7,9,11-13,15,17,20,23-44H2,1-5H3,(H-,48,51,52,53)/b10-8-,16-14-,19-18-,22-21-. The number of amides is 1. The second-order valence-electron chi connectivity index (χ2n) is 16.7. The zero-order valence-corrected chi connectivity index (χ0v) is 38.0. The molecule has 0 heterocycles. The number of likely N-dealkylation sites (N-methyl/N-ethyl adjacent to an activating group) is 1. The Kier molecular flexibility index (Phi) is 37.9. The maximum Gasteiger partial charge on any atom is 0.268 e. The van der Waals surface area contributed by atoms with Crippen molar-refractivity contribution in [3.05, 3.63) is 48.6 Å². The molecule has 0 saturated carbocycles. The molecule has 0 aromatic heterocycles. The number of carbonyl (C=O) groups excluding carboxylic acids is 1. The van der Waals surface area contributed by atoms with Crippen LogP contribution in [0.1, 0.15) is 194 Å². The molecule has 56 heavy (non-hydrogen) atoms. The Balaban J connectivity index is 4.15. The molecule has 0 aliphatic heterocycles. The van der Waals surface area contributed by atoms with Crippen LogP contribution in [0.2, 0.25) is 0 Å². The Morgan fingerprint density at radius 1 is 0.643 bits per heavy atom. The lowest BCUT2D eigenvalue weighted by Crippen LogP contribution is -2.46. The third-order valence-electron chi connectivity index (χ3n) is 10.1. The fourth-order valence-electron chi connectivity index (χ4n) is 6.44. The lowest BCUT2D eigenvalue weighted by Gasteiger charge is -2.30. The third-order valence-corrected chi connectivity index (χ3v) is 11.0. The molecule has 0 bridgehead atoms. The van der Waals surface area contributed by atoms with Crippen LogP contribution in [0.3, 0.4) is 0 Å². The number of hydrogen-bond donors (Lipinski definition) is 2. The van der Waals surface area contributed by atoms with Crippen molar-refractivity contribution in [2.75, 3.05) is 40.9 Å². The number of phosphoric acid groups is 1. The molecule has 0 aromatic rings. The van der Waals surface area contributed by atoms with E-state index in [1.54, 1.807) is 0 Å². The number of allylic oxidation sites excluding steroid dienone is 8. The van der Waals surface area contributed by atoms with E-state index in [2.05, 4.69) is 67.8 Å². The zero-order chi connectivity index (χ0) is 41.4. The van der Waals surface area contributed by atoms with E-state index in [4.69, 9.17) is 9.05 Å². The molecule has 0 spiro atoms. The maximum atomic E-state index is 12.9. The van der Waals surface area contributed by atoms with Gasteiger partial charge in [-0.1, -0.05) is 184 Å². The van der Waals surface area contributed by atoms with Gasteiger partial charge in [0, 0.05) is 6.42 Å². The summed E-state index contributed by atoms with van der Waals surface area (Å²) >= 11 is 0. The molecule has 0 aromatic carbocycles. The monoisotopic (exact) mass is 809 g/mol. The van der Waals surface area contributed by atoms with Gasteiger partial charge in [-0.2, -0.15) is 0 Å².